The summed E-state index contributed by atoms with van der Waals surface area (Å²) in [5.74, 6) is 0. The molecule has 2 aliphatic rings. The van der Waals surface area contributed by atoms with E-state index in [1.54, 1.807) is 22.4 Å². The zero-order chi connectivity index (χ0) is 27.2. The second-order valence-electron chi connectivity index (χ2n) is 10.5. The van der Waals surface area contributed by atoms with Crippen molar-refractivity contribution in [3.63, 3.8) is 0 Å². The Labute approximate surface area is 234 Å². The van der Waals surface area contributed by atoms with Gasteiger partial charge in [0, 0.05) is 61.2 Å². The molecule has 1 fully saturated rings. The maximum atomic E-state index is 10.9. The lowest BCUT2D eigenvalue weighted by Gasteiger charge is -2.37. The van der Waals surface area contributed by atoms with Crippen LogP contribution in [0, 0.1) is 0 Å². The van der Waals surface area contributed by atoms with Crippen molar-refractivity contribution >= 4 is 55.9 Å². The fourth-order valence-electron chi connectivity index (χ4n) is 5.45. The van der Waals surface area contributed by atoms with E-state index in [0.29, 0.717) is 12.6 Å². The number of thiazole rings is 1. The second-order valence-corrected chi connectivity index (χ2v) is 11.4. The predicted octanol–water partition coefficient (Wildman–Crippen LogP) is 5.63. The third-order valence-electron chi connectivity index (χ3n) is 7.44. The van der Waals surface area contributed by atoms with Crippen molar-refractivity contribution in [2.75, 3.05) is 38.0 Å². The molecule has 2 unspecified atom stereocenters. The molecule has 3 aromatic heterocycles. The van der Waals surface area contributed by atoms with Gasteiger partial charge in [-0.15, -0.1) is 11.3 Å². The van der Waals surface area contributed by atoms with Crippen LogP contribution < -0.4 is 10.6 Å². The quantitative estimate of drug-likeness (QED) is 0.261. The topological polar surface area (TPSA) is 89.2 Å². The van der Waals surface area contributed by atoms with Gasteiger partial charge in [0.1, 0.15) is 5.65 Å². The summed E-state index contributed by atoms with van der Waals surface area (Å²) in [5, 5.41) is 8.17. The number of piperazine rings is 1. The highest BCUT2D eigenvalue weighted by Crippen LogP contribution is 2.31. The third-order valence-corrected chi connectivity index (χ3v) is 8.23. The number of aromatic amines is 1. The Kier molecular flexibility index (Phi) is 8.91. The van der Waals surface area contributed by atoms with Crippen LogP contribution in [0.3, 0.4) is 0 Å². The SMILES string of the molecule is CCCN1CC(C)NC(CC)C1.O=CN1CC=C(c2cc3c(Nc4ccc5ncsc5c4)ccnc3[nH]2)CC1. The zero-order valence-corrected chi connectivity index (χ0v) is 23.9. The van der Waals surface area contributed by atoms with Gasteiger partial charge in [0.05, 0.1) is 21.4 Å². The van der Waals surface area contributed by atoms with Gasteiger partial charge in [0.2, 0.25) is 6.41 Å². The van der Waals surface area contributed by atoms with E-state index in [-0.39, 0.29) is 0 Å². The van der Waals surface area contributed by atoms with Crippen LogP contribution in [0.25, 0.3) is 26.8 Å². The van der Waals surface area contributed by atoms with Crippen molar-refractivity contribution in [1.29, 1.82) is 0 Å². The molecule has 0 spiro atoms. The van der Waals surface area contributed by atoms with Gasteiger partial charge in [-0.3, -0.25) is 4.79 Å². The molecule has 0 aliphatic carbocycles. The Bertz CT molecular complexity index is 1430. The smallest absolute Gasteiger partial charge is 0.209 e. The number of H-pyrrole nitrogens is 1. The van der Waals surface area contributed by atoms with Crippen molar-refractivity contribution < 1.29 is 4.79 Å². The van der Waals surface area contributed by atoms with Crippen LogP contribution in [0.5, 0.6) is 0 Å². The van der Waals surface area contributed by atoms with E-state index < -0.39 is 0 Å². The molecule has 4 aromatic rings. The first-order chi connectivity index (χ1) is 19.1. The third kappa shape index (κ3) is 6.66. The molecular formula is C30H39N7OS. The molecule has 206 valence electrons. The van der Waals surface area contributed by atoms with E-state index in [9.17, 15) is 4.79 Å². The van der Waals surface area contributed by atoms with Crippen LogP contribution in [0.4, 0.5) is 11.4 Å². The molecule has 5 heterocycles. The summed E-state index contributed by atoms with van der Waals surface area (Å²) in [5.41, 5.74) is 8.06. The lowest BCUT2D eigenvalue weighted by molar-refractivity contribution is -0.117. The minimum atomic E-state index is 0.654. The molecule has 0 saturated carbocycles. The number of amides is 1. The van der Waals surface area contributed by atoms with E-state index in [1.165, 1.54) is 38.0 Å². The first-order valence-corrected chi connectivity index (χ1v) is 14.9. The van der Waals surface area contributed by atoms with Gasteiger partial charge < -0.3 is 25.4 Å². The average molecular weight is 546 g/mol. The maximum absolute atomic E-state index is 10.9. The molecule has 39 heavy (non-hydrogen) atoms. The second kappa shape index (κ2) is 12.7. The summed E-state index contributed by atoms with van der Waals surface area (Å²) in [6, 6.07) is 11.7. The lowest BCUT2D eigenvalue weighted by Crippen LogP contribution is -2.55. The lowest BCUT2D eigenvalue weighted by atomic mass is 10.1. The highest BCUT2D eigenvalue weighted by atomic mass is 32.1. The number of anilines is 2. The fraction of sp³-hybridized carbons (Fsp3) is 0.433. The van der Waals surface area contributed by atoms with Crippen molar-refractivity contribution in [2.45, 2.75) is 52.1 Å². The monoisotopic (exact) mass is 545 g/mol. The van der Waals surface area contributed by atoms with Crippen LogP contribution in [-0.4, -0.2) is 76.0 Å². The summed E-state index contributed by atoms with van der Waals surface area (Å²) in [6.07, 6.45) is 8.19. The molecule has 6 rings (SSSR count). The molecule has 1 saturated heterocycles. The van der Waals surface area contributed by atoms with E-state index in [2.05, 4.69) is 69.5 Å². The minimum Gasteiger partial charge on any atom is -0.355 e. The number of aromatic nitrogens is 3. The first kappa shape index (κ1) is 27.3. The maximum Gasteiger partial charge on any atom is 0.209 e. The van der Waals surface area contributed by atoms with Crippen LogP contribution in [-0.2, 0) is 4.79 Å². The molecule has 0 bridgehead atoms. The molecule has 2 aliphatic heterocycles. The molecule has 1 amide bonds. The van der Waals surface area contributed by atoms with Gasteiger partial charge in [-0.1, -0.05) is 19.9 Å². The van der Waals surface area contributed by atoms with E-state index in [4.69, 9.17) is 0 Å². The number of hydrogen-bond donors (Lipinski definition) is 3. The Morgan fingerprint density at radius 2 is 2.08 bits per heavy atom. The number of carbonyl (C=O) groups is 1. The minimum absolute atomic E-state index is 0.654. The number of rotatable bonds is 7. The highest BCUT2D eigenvalue weighted by molar-refractivity contribution is 7.16. The van der Waals surface area contributed by atoms with Crippen molar-refractivity contribution in [3.8, 4) is 0 Å². The summed E-state index contributed by atoms with van der Waals surface area (Å²) >= 11 is 1.63. The number of nitrogens with one attached hydrogen (secondary N) is 3. The molecule has 9 heteroatoms. The van der Waals surface area contributed by atoms with Crippen molar-refractivity contribution in [3.05, 3.63) is 53.8 Å². The first-order valence-electron chi connectivity index (χ1n) is 14.0. The molecule has 1 aromatic carbocycles. The number of pyridine rings is 1. The highest BCUT2D eigenvalue weighted by Gasteiger charge is 2.21. The van der Waals surface area contributed by atoms with Gasteiger partial charge >= 0.3 is 0 Å². The normalized spacial score (nSPS) is 20.0. The van der Waals surface area contributed by atoms with Gasteiger partial charge in [-0.05, 0) is 68.6 Å². The number of carbonyl (C=O) groups excluding carboxylic acids is 1. The summed E-state index contributed by atoms with van der Waals surface area (Å²) < 4.78 is 1.16. The molecule has 0 radical (unpaired) electrons. The van der Waals surface area contributed by atoms with Crippen molar-refractivity contribution in [1.82, 2.24) is 30.1 Å². The van der Waals surface area contributed by atoms with Gasteiger partial charge in [0.25, 0.3) is 0 Å². The van der Waals surface area contributed by atoms with E-state index >= 15 is 0 Å². The number of nitrogens with zero attached hydrogens (tertiary/aromatic N) is 4. The molecule has 2 atom stereocenters. The molecule has 3 N–H and O–H groups in total. The number of fused-ring (bicyclic) bond motifs is 2. The van der Waals surface area contributed by atoms with Gasteiger partial charge in [0.15, 0.2) is 0 Å². The molecule has 8 nitrogen and oxygen atoms in total. The van der Waals surface area contributed by atoms with E-state index in [0.717, 1.165) is 63.7 Å². The zero-order valence-electron chi connectivity index (χ0n) is 23.1. The Morgan fingerprint density at radius 1 is 1.18 bits per heavy atom. The summed E-state index contributed by atoms with van der Waals surface area (Å²) in [7, 11) is 0. The Balaban J connectivity index is 0.000000217. The van der Waals surface area contributed by atoms with Crippen LogP contribution >= 0.6 is 11.3 Å². The summed E-state index contributed by atoms with van der Waals surface area (Å²) in [6.45, 7) is 11.9. The fourth-order valence-corrected chi connectivity index (χ4v) is 6.17. The predicted molar refractivity (Wildman–Crippen MR) is 163 cm³/mol. The average Bonchev–Trinajstić information content (AvgIpc) is 3.61. The van der Waals surface area contributed by atoms with E-state index in [1.807, 2.05) is 23.7 Å². The largest absolute Gasteiger partial charge is 0.355 e. The van der Waals surface area contributed by atoms with Crippen LogP contribution in [0.1, 0.15) is 45.7 Å². The van der Waals surface area contributed by atoms with Crippen molar-refractivity contribution in [2.24, 2.45) is 0 Å². The summed E-state index contributed by atoms with van der Waals surface area (Å²) in [4.78, 5) is 27.5. The number of benzene rings is 1. The standard InChI is InChI=1S/C20H17N5OS.C10H22N2/c26-12-25-7-4-13(5-8-25)18-10-15-16(3-6-21-20(15)24-18)23-14-1-2-17-19(9-14)27-11-22-17;1-4-6-12-7-9(3)11-10(5-2)8-12/h1-4,6,9-12H,5,7-8H2,(H2,21,23,24);9-11H,4-8H2,1-3H3. The number of hydrogen-bond acceptors (Lipinski definition) is 7. The van der Waals surface area contributed by atoms with Gasteiger partial charge in [-0.2, -0.15) is 0 Å². The van der Waals surface area contributed by atoms with Gasteiger partial charge in [-0.25, -0.2) is 9.97 Å². The van der Waals surface area contributed by atoms with Crippen LogP contribution in [0.2, 0.25) is 0 Å². The van der Waals surface area contributed by atoms with Crippen LogP contribution in [0.15, 0.2) is 48.1 Å². The molecular weight excluding hydrogens is 506 g/mol. The Morgan fingerprint density at radius 3 is 2.85 bits per heavy atom. The Hall–Kier alpha value is -3.27.